The molecule has 11 rings (SSSR count). The zero-order valence-electron chi connectivity index (χ0n) is 37.7. The topological polar surface area (TPSA) is 124 Å². The predicted molar refractivity (Wildman–Crippen MR) is 255 cm³/mol. The Morgan fingerprint density at radius 3 is 2.18 bits per heavy atom. The number of esters is 1. The van der Waals surface area contributed by atoms with Gasteiger partial charge in [0.15, 0.2) is 11.5 Å². The normalized spacial score (nSPS) is 24.0. The van der Waals surface area contributed by atoms with Gasteiger partial charge >= 0.3 is 5.97 Å². The molecule has 6 aromatic rings. The summed E-state index contributed by atoms with van der Waals surface area (Å²) < 4.78 is 17.8. The van der Waals surface area contributed by atoms with E-state index in [1.807, 2.05) is 127 Å². The summed E-state index contributed by atoms with van der Waals surface area (Å²) in [4.78, 5) is 55.4. The first-order valence-corrected chi connectivity index (χ1v) is 23.2. The van der Waals surface area contributed by atoms with Crippen molar-refractivity contribution in [3.05, 3.63) is 191 Å². The molecule has 3 fully saturated rings. The number of piperazine rings is 1. The lowest BCUT2D eigenvalue weighted by molar-refractivity contribution is -0.179. The molecule has 0 aliphatic carbocycles. The minimum absolute atomic E-state index is 0.0504. The van der Waals surface area contributed by atoms with E-state index in [9.17, 15) is 5.11 Å². The number of phenols is 1. The number of hydrogen-bond acceptors (Lipinski definition) is 10. The number of hydrogen-bond donors (Lipinski definition) is 2. The van der Waals surface area contributed by atoms with Crippen molar-refractivity contribution in [1.82, 2.24) is 19.6 Å². The Labute approximate surface area is 395 Å². The van der Waals surface area contributed by atoms with Crippen molar-refractivity contribution < 1.29 is 33.7 Å². The van der Waals surface area contributed by atoms with E-state index in [0.29, 0.717) is 61.6 Å². The number of cyclic esters (lactones) is 1. The Morgan fingerprint density at radius 1 is 0.750 bits per heavy atom. The molecule has 5 heterocycles. The summed E-state index contributed by atoms with van der Waals surface area (Å²) >= 11 is 0. The average Bonchev–Trinajstić information content (AvgIpc) is 4.05. The van der Waals surface area contributed by atoms with Gasteiger partial charge in [-0.05, 0) is 82.9 Å². The molecule has 0 radical (unpaired) electrons. The number of carbonyl (C=O) groups excluding carboxylic acids is 3. The highest BCUT2D eigenvalue weighted by molar-refractivity contribution is 6.12. The molecule has 2 N–H and O–H groups in total. The predicted octanol–water partition coefficient (Wildman–Crippen LogP) is 7.22. The number of carbonyl (C=O) groups is 3. The van der Waals surface area contributed by atoms with Gasteiger partial charge in [-0.25, -0.2) is 0 Å². The Hall–Kier alpha value is -7.43. The molecule has 0 saturated carbocycles. The van der Waals surface area contributed by atoms with Crippen LogP contribution < -0.4 is 14.8 Å². The quantitative estimate of drug-likeness (QED) is 0.114. The summed E-state index contributed by atoms with van der Waals surface area (Å²) in [5, 5.41) is 13.9. The lowest BCUT2D eigenvalue weighted by Crippen LogP contribution is -2.58. The van der Waals surface area contributed by atoms with E-state index in [1.54, 1.807) is 24.3 Å². The maximum absolute atomic E-state index is 16.0. The molecular weight excluding hydrogens is 855 g/mol. The van der Waals surface area contributed by atoms with Gasteiger partial charge in [-0.15, -0.1) is 0 Å². The number of aromatic hydroxyl groups is 1. The van der Waals surface area contributed by atoms with Gasteiger partial charge in [0.2, 0.25) is 18.6 Å². The van der Waals surface area contributed by atoms with E-state index in [0.717, 1.165) is 34.7 Å². The number of fused-ring (bicyclic) bond motifs is 4. The highest BCUT2D eigenvalue weighted by Gasteiger charge is 2.74. The van der Waals surface area contributed by atoms with Gasteiger partial charge in [-0.3, -0.25) is 29.1 Å². The molecule has 342 valence electrons. The second-order valence-electron chi connectivity index (χ2n) is 18.3. The molecule has 12 nitrogen and oxygen atoms in total. The summed E-state index contributed by atoms with van der Waals surface area (Å²) in [5.74, 6) is 5.73. The summed E-state index contributed by atoms with van der Waals surface area (Å²) in [6.07, 6.45) is -0.790. The fourth-order valence-corrected chi connectivity index (χ4v) is 11.2. The molecule has 0 aromatic heterocycles. The van der Waals surface area contributed by atoms with Gasteiger partial charge in [-0.1, -0.05) is 121 Å². The molecule has 3 saturated heterocycles. The van der Waals surface area contributed by atoms with Crippen LogP contribution in [0.15, 0.2) is 152 Å². The standard InChI is InChI=1S/C56H51N5O7/c1-58(34-38-12-5-2-6-13-38)27-11-14-37-19-25-45-44(32-37)56(55(65)57-45)48(53(63)60-30-28-59(29-31-60)35-39-20-26-46-47(33-39)67-36-66-46)50-54(64)68-51(41-17-9-4-10-18-41)49(40-15-7-3-8-16-40)61(50)52(56)42-21-23-43(62)24-22-42/h2-10,12-13,15-26,32-33,48-52,62H,27-31,34-36H2,1H3,(H,57,65)/t48-,49-,50-,51+,52+,56-/m1/s1. The first kappa shape index (κ1) is 43.2. The van der Waals surface area contributed by atoms with Crippen LogP contribution in [-0.2, 0) is 37.6 Å². The van der Waals surface area contributed by atoms with E-state index in [-0.39, 0.29) is 24.4 Å². The lowest BCUT2D eigenvalue weighted by Gasteiger charge is -2.46. The molecule has 2 amide bonds. The molecule has 12 heteroatoms. The fraction of sp³-hybridized carbons (Fsp3) is 0.268. The number of nitrogens with one attached hydrogen (secondary N) is 1. The SMILES string of the molecule is CN(CC#Cc1ccc2c(c1)[C@]1(C(=O)N2)[C@H](c2ccc(O)cc2)N2[C@H](c3ccccc3)[C@H](c3ccccc3)OC(=O)[C@H]2[C@@H]1C(=O)N1CCN(Cc2ccc3c(c2)OCO3)CC1)Cc1ccccc1. The minimum Gasteiger partial charge on any atom is -0.508 e. The fourth-order valence-electron chi connectivity index (χ4n) is 11.2. The third-order valence-corrected chi connectivity index (χ3v) is 14.2. The van der Waals surface area contributed by atoms with Gasteiger partial charge in [0, 0.05) is 50.5 Å². The average molecular weight is 906 g/mol. The number of amides is 2. The molecule has 0 bridgehead atoms. The summed E-state index contributed by atoms with van der Waals surface area (Å²) in [7, 11) is 2.03. The van der Waals surface area contributed by atoms with Crippen molar-refractivity contribution in [2.24, 2.45) is 5.92 Å². The van der Waals surface area contributed by atoms with Crippen molar-refractivity contribution in [2.45, 2.75) is 42.7 Å². The summed E-state index contributed by atoms with van der Waals surface area (Å²) in [5.41, 5.74) is 4.74. The van der Waals surface area contributed by atoms with E-state index < -0.39 is 41.5 Å². The Bertz CT molecular complexity index is 2920. The zero-order valence-corrected chi connectivity index (χ0v) is 37.7. The van der Waals surface area contributed by atoms with E-state index >= 15 is 14.4 Å². The van der Waals surface area contributed by atoms with E-state index in [4.69, 9.17) is 14.2 Å². The monoisotopic (exact) mass is 905 g/mol. The molecule has 0 unspecified atom stereocenters. The molecule has 6 atom stereocenters. The van der Waals surface area contributed by atoms with E-state index in [2.05, 4.69) is 44.0 Å². The van der Waals surface area contributed by atoms with E-state index in [1.165, 1.54) is 5.56 Å². The van der Waals surface area contributed by atoms with Gasteiger partial charge in [0.1, 0.15) is 23.3 Å². The van der Waals surface area contributed by atoms with Gasteiger partial charge < -0.3 is 29.5 Å². The number of phenolic OH excluding ortho intramolecular Hbond substituents is 1. The van der Waals surface area contributed by atoms with Gasteiger partial charge in [0.25, 0.3) is 0 Å². The van der Waals surface area contributed by atoms with Crippen LogP contribution in [0.4, 0.5) is 5.69 Å². The first-order chi connectivity index (χ1) is 33.3. The van der Waals surface area contributed by atoms with Crippen molar-refractivity contribution in [2.75, 3.05) is 51.9 Å². The van der Waals surface area contributed by atoms with Crippen LogP contribution >= 0.6 is 0 Å². The third kappa shape index (κ3) is 7.72. The minimum atomic E-state index is -1.66. The lowest BCUT2D eigenvalue weighted by atomic mass is 9.65. The maximum Gasteiger partial charge on any atom is 0.324 e. The first-order valence-electron chi connectivity index (χ1n) is 23.2. The van der Waals surface area contributed by atoms with Crippen LogP contribution in [0.25, 0.3) is 0 Å². The van der Waals surface area contributed by atoms with Crippen LogP contribution in [0, 0.1) is 17.8 Å². The Balaban J connectivity index is 1.03. The number of morpholine rings is 1. The highest BCUT2D eigenvalue weighted by Crippen LogP contribution is 2.65. The molecule has 5 aliphatic heterocycles. The van der Waals surface area contributed by atoms with Crippen molar-refractivity contribution in [3.8, 4) is 29.1 Å². The zero-order chi connectivity index (χ0) is 46.4. The molecule has 6 aromatic carbocycles. The second kappa shape index (κ2) is 18.0. The van der Waals surface area contributed by atoms with Crippen LogP contribution in [0.3, 0.4) is 0 Å². The number of rotatable bonds is 9. The number of nitrogens with zero attached hydrogens (tertiary/aromatic N) is 4. The molecular formula is C56H51N5O7. The van der Waals surface area contributed by atoms with Gasteiger partial charge in [0.05, 0.1) is 24.5 Å². The largest absolute Gasteiger partial charge is 0.508 e. The summed E-state index contributed by atoms with van der Waals surface area (Å²) in [6, 6.07) is 45.5. The molecule has 68 heavy (non-hydrogen) atoms. The smallest absolute Gasteiger partial charge is 0.324 e. The second-order valence-corrected chi connectivity index (χ2v) is 18.3. The Morgan fingerprint density at radius 2 is 1.44 bits per heavy atom. The van der Waals surface area contributed by atoms with Crippen LogP contribution in [-0.4, -0.2) is 95.1 Å². The van der Waals surface area contributed by atoms with Crippen LogP contribution in [0.2, 0.25) is 0 Å². The van der Waals surface area contributed by atoms with Crippen molar-refractivity contribution in [3.63, 3.8) is 0 Å². The Kier molecular flexibility index (Phi) is 11.4. The van der Waals surface area contributed by atoms with Crippen molar-refractivity contribution in [1.29, 1.82) is 0 Å². The van der Waals surface area contributed by atoms with Crippen LogP contribution in [0.5, 0.6) is 17.2 Å². The number of ether oxygens (including phenoxy) is 3. The van der Waals surface area contributed by atoms with Crippen LogP contribution in [0.1, 0.15) is 57.1 Å². The summed E-state index contributed by atoms with van der Waals surface area (Å²) in [6.45, 7) is 3.98. The number of anilines is 1. The molecule has 5 aliphatic rings. The maximum atomic E-state index is 16.0. The van der Waals surface area contributed by atoms with Crippen molar-refractivity contribution >= 4 is 23.5 Å². The van der Waals surface area contributed by atoms with Gasteiger partial charge in [-0.2, -0.15) is 0 Å². The highest BCUT2D eigenvalue weighted by atomic mass is 16.7. The number of benzene rings is 6. The third-order valence-electron chi connectivity index (χ3n) is 14.2. The molecule has 1 spiro atoms.